The van der Waals surface area contributed by atoms with E-state index in [1.165, 1.54) is 42.7 Å². The van der Waals surface area contributed by atoms with Crippen molar-refractivity contribution in [3.63, 3.8) is 0 Å². The molecule has 0 saturated carbocycles. The molecule has 3 nitrogen and oxygen atoms in total. The van der Waals surface area contributed by atoms with Gasteiger partial charge >= 0.3 is 0 Å². The minimum atomic E-state index is 0.467. The lowest BCUT2D eigenvalue weighted by atomic mass is 9.99. The molecule has 0 amide bonds. The smallest absolute Gasteiger partial charge is 0.0329 e. The van der Waals surface area contributed by atoms with Gasteiger partial charge in [-0.25, -0.2) is 0 Å². The molecule has 2 rings (SSSR count). The molecule has 0 bridgehead atoms. The molecule has 1 fully saturated rings. The molecular weight excluding hydrogens is 234 g/mol. The molecule has 0 aromatic heterocycles. The second-order valence-electron chi connectivity index (χ2n) is 5.57. The number of benzene rings is 1. The maximum Gasteiger partial charge on any atom is 0.0329 e. The first kappa shape index (κ1) is 14.5. The van der Waals surface area contributed by atoms with Crippen molar-refractivity contribution in [1.82, 2.24) is 15.5 Å². The zero-order valence-corrected chi connectivity index (χ0v) is 12.5. The Hall–Kier alpha value is -0.900. The Kier molecular flexibility index (Phi) is 5.37. The largest absolute Gasteiger partial charge is 0.314 e. The first-order chi connectivity index (χ1) is 9.20. The average molecular weight is 261 g/mol. The monoisotopic (exact) mass is 261 g/mol. The van der Waals surface area contributed by atoms with Crippen molar-refractivity contribution < 1.29 is 0 Å². The first-order valence-corrected chi connectivity index (χ1v) is 7.38. The van der Waals surface area contributed by atoms with Crippen molar-refractivity contribution in [2.45, 2.75) is 26.3 Å². The van der Waals surface area contributed by atoms with Crippen LogP contribution < -0.4 is 10.6 Å². The zero-order chi connectivity index (χ0) is 13.7. The predicted octanol–water partition coefficient (Wildman–Crippen LogP) is 1.86. The fourth-order valence-corrected chi connectivity index (χ4v) is 2.71. The van der Waals surface area contributed by atoms with E-state index in [-0.39, 0.29) is 0 Å². The van der Waals surface area contributed by atoms with Gasteiger partial charge in [0.1, 0.15) is 0 Å². The average Bonchev–Trinajstić information content (AvgIpc) is 2.44. The fourth-order valence-electron chi connectivity index (χ4n) is 2.71. The van der Waals surface area contributed by atoms with Gasteiger partial charge in [-0.05, 0) is 44.0 Å². The highest BCUT2D eigenvalue weighted by molar-refractivity contribution is 5.31. The van der Waals surface area contributed by atoms with E-state index in [9.17, 15) is 0 Å². The summed E-state index contributed by atoms with van der Waals surface area (Å²) < 4.78 is 0. The third kappa shape index (κ3) is 4.03. The molecule has 1 aliphatic heterocycles. The number of piperazine rings is 1. The van der Waals surface area contributed by atoms with E-state index in [2.05, 4.69) is 54.6 Å². The molecule has 1 aromatic carbocycles. The van der Waals surface area contributed by atoms with Gasteiger partial charge in [-0.1, -0.05) is 18.2 Å². The van der Waals surface area contributed by atoms with Crippen molar-refractivity contribution in [1.29, 1.82) is 0 Å². The Morgan fingerprint density at radius 3 is 2.58 bits per heavy atom. The van der Waals surface area contributed by atoms with Crippen molar-refractivity contribution in [2.24, 2.45) is 0 Å². The van der Waals surface area contributed by atoms with E-state index in [4.69, 9.17) is 0 Å². The molecule has 3 heteroatoms. The lowest BCUT2D eigenvalue weighted by Crippen LogP contribution is -2.44. The number of nitrogens with zero attached hydrogens (tertiary/aromatic N) is 1. The van der Waals surface area contributed by atoms with E-state index in [1.54, 1.807) is 0 Å². The second kappa shape index (κ2) is 7.04. The van der Waals surface area contributed by atoms with Gasteiger partial charge in [0.15, 0.2) is 0 Å². The van der Waals surface area contributed by atoms with Crippen LogP contribution in [0.1, 0.15) is 29.2 Å². The van der Waals surface area contributed by atoms with Crippen LogP contribution in [0.3, 0.4) is 0 Å². The van der Waals surface area contributed by atoms with Crippen molar-refractivity contribution >= 4 is 0 Å². The summed E-state index contributed by atoms with van der Waals surface area (Å²) in [5.41, 5.74) is 4.18. The number of rotatable bonds is 5. The van der Waals surface area contributed by atoms with Gasteiger partial charge < -0.3 is 15.5 Å². The van der Waals surface area contributed by atoms with Crippen LogP contribution in [-0.2, 0) is 0 Å². The van der Waals surface area contributed by atoms with Gasteiger partial charge in [-0.3, -0.25) is 0 Å². The van der Waals surface area contributed by atoms with Crippen LogP contribution >= 0.6 is 0 Å². The molecule has 1 unspecified atom stereocenters. The van der Waals surface area contributed by atoms with Crippen LogP contribution in [0.15, 0.2) is 18.2 Å². The van der Waals surface area contributed by atoms with Gasteiger partial charge in [0.25, 0.3) is 0 Å². The molecule has 19 heavy (non-hydrogen) atoms. The summed E-state index contributed by atoms with van der Waals surface area (Å²) in [4.78, 5) is 2.56. The number of nitrogens with one attached hydrogen (secondary N) is 2. The molecule has 2 N–H and O–H groups in total. The molecule has 1 atom stereocenters. The molecule has 1 heterocycles. The van der Waals surface area contributed by atoms with Gasteiger partial charge in [-0.15, -0.1) is 0 Å². The summed E-state index contributed by atoms with van der Waals surface area (Å²) in [5.74, 6) is 0. The van der Waals surface area contributed by atoms with Crippen molar-refractivity contribution in [3.8, 4) is 0 Å². The molecule has 1 aliphatic rings. The van der Waals surface area contributed by atoms with Crippen LogP contribution in [-0.4, -0.2) is 44.7 Å². The fraction of sp³-hybridized carbons (Fsp3) is 0.625. The van der Waals surface area contributed by atoms with Crippen LogP contribution in [0.25, 0.3) is 0 Å². The lowest BCUT2D eigenvalue weighted by molar-refractivity contribution is 0.229. The Morgan fingerprint density at radius 2 is 1.95 bits per heavy atom. The summed E-state index contributed by atoms with van der Waals surface area (Å²) in [6.45, 7) is 10.2. The lowest BCUT2D eigenvalue weighted by Gasteiger charge is -2.29. The Bertz CT molecular complexity index is 397. The third-order valence-corrected chi connectivity index (χ3v) is 4.23. The minimum absolute atomic E-state index is 0.467. The van der Waals surface area contributed by atoms with Crippen LogP contribution in [0.2, 0.25) is 0 Å². The van der Waals surface area contributed by atoms with Gasteiger partial charge in [0, 0.05) is 38.8 Å². The SMILES string of the molecule is CNC(CCN1CCNCC1)c1ccc(C)c(C)c1. The summed E-state index contributed by atoms with van der Waals surface area (Å²) >= 11 is 0. The first-order valence-electron chi connectivity index (χ1n) is 7.38. The normalized spacial score (nSPS) is 18.5. The Labute approximate surface area is 117 Å². The van der Waals surface area contributed by atoms with E-state index in [0.29, 0.717) is 6.04 Å². The van der Waals surface area contributed by atoms with Crippen molar-refractivity contribution in [3.05, 3.63) is 34.9 Å². The number of aryl methyl sites for hydroxylation is 2. The van der Waals surface area contributed by atoms with E-state index in [0.717, 1.165) is 13.1 Å². The van der Waals surface area contributed by atoms with E-state index in [1.807, 2.05) is 0 Å². The molecule has 1 aromatic rings. The molecular formula is C16H27N3. The Morgan fingerprint density at radius 1 is 1.21 bits per heavy atom. The topological polar surface area (TPSA) is 27.3 Å². The van der Waals surface area contributed by atoms with Gasteiger partial charge in [0.2, 0.25) is 0 Å². The maximum absolute atomic E-state index is 3.46. The molecule has 0 aliphatic carbocycles. The van der Waals surface area contributed by atoms with E-state index < -0.39 is 0 Å². The number of hydrogen-bond acceptors (Lipinski definition) is 3. The third-order valence-electron chi connectivity index (χ3n) is 4.23. The predicted molar refractivity (Wildman–Crippen MR) is 81.6 cm³/mol. The van der Waals surface area contributed by atoms with Crippen LogP contribution in [0.5, 0.6) is 0 Å². The second-order valence-corrected chi connectivity index (χ2v) is 5.57. The van der Waals surface area contributed by atoms with Crippen LogP contribution in [0.4, 0.5) is 0 Å². The van der Waals surface area contributed by atoms with Crippen LogP contribution in [0, 0.1) is 13.8 Å². The van der Waals surface area contributed by atoms with Gasteiger partial charge in [-0.2, -0.15) is 0 Å². The molecule has 0 spiro atoms. The highest BCUT2D eigenvalue weighted by atomic mass is 15.2. The number of hydrogen-bond donors (Lipinski definition) is 2. The highest BCUT2D eigenvalue weighted by Gasteiger charge is 2.14. The standard InChI is InChI=1S/C16H27N3/c1-13-4-5-15(12-14(13)2)16(17-3)6-9-19-10-7-18-8-11-19/h4-5,12,16-18H,6-11H2,1-3H3. The quantitative estimate of drug-likeness (QED) is 0.847. The maximum atomic E-state index is 3.46. The van der Waals surface area contributed by atoms with E-state index >= 15 is 0 Å². The highest BCUT2D eigenvalue weighted by Crippen LogP contribution is 2.20. The zero-order valence-electron chi connectivity index (χ0n) is 12.5. The van der Waals surface area contributed by atoms with Gasteiger partial charge in [0.05, 0.1) is 0 Å². The summed E-state index contributed by atoms with van der Waals surface area (Å²) in [6, 6.07) is 7.30. The Balaban J connectivity index is 1.93. The summed E-state index contributed by atoms with van der Waals surface area (Å²) in [5, 5.41) is 6.87. The minimum Gasteiger partial charge on any atom is -0.314 e. The molecule has 106 valence electrons. The molecule has 1 saturated heterocycles. The molecule has 0 radical (unpaired) electrons. The summed E-state index contributed by atoms with van der Waals surface area (Å²) in [7, 11) is 2.07. The summed E-state index contributed by atoms with van der Waals surface area (Å²) in [6.07, 6.45) is 1.18. The van der Waals surface area contributed by atoms with Crippen molar-refractivity contribution in [2.75, 3.05) is 39.8 Å².